The average Bonchev–Trinajstić information content (AvgIpc) is 3.12. The van der Waals surface area contributed by atoms with Crippen molar-refractivity contribution >= 4 is 23.4 Å². The second-order valence-electron chi connectivity index (χ2n) is 5.07. The van der Waals surface area contributed by atoms with E-state index in [1.165, 1.54) is 25.1 Å². The highest BCUT2D eigenvalue weighted by Crippen LogP contribution is 2.39. The lowest BCUT2D eigenvalue weighted by atomic mass is 10.1. The Hall–Kier alpha value is -1.33. The van der Waals surface area contributed by atoms with E-state index in [1.807, 2.05) is 0 Å². The molecule has 0 spiro atoms. The van der Waals surface area contributed by atoms with E-state index >= 15 is 0 Å². The standard InChI is InChI=1S/C13H15ClN2O3/c14-9-5-8(13(17)18)6-15-12(9)16-10-3-4-19-11(10)7-1-2-7/h5-7,10-11H,1-4H2,(H,15,16)(H,17,18). The summed E-state index contributed by atoms with van der Waals surface area (Å²) >= 11 is 6.07. The zero-order valence-corrected chi connectivity index (χ0v) is 11.1. The first-order chi connectivity index (χ1) is 9.15. The van der Waals surface area contributed by atoms with Crippen molar-refractivity contribution in [1.82, 2.24) is 4.98 Å². The van der Waals surface area contributed by atoms with Gasteiger partial charge in [-0.3, -0.25) is 0 Å². The van der Waals surface area contributed by atoms with E-state index < -0.39 is 5.97 Å². The summed E-state index contributed by atoms with van der Waals surface area (Å²) in [7, 11) is 0. The Kier molecular flexibility index (Phi) is 3.33. The number of hydrogen-bond acceptors (Lipinski definition) is 4. The van der Waals surface area contributed by atoms with Crippen molar-refractivity contribution in [3.63, 3.8) is 0 Å². The minimum atomic E-state index is -1.03. The van der Waals surface area contributed by atoms with Gasteiger partial charge in [-0.05, 0) is 31.2 Å². The lowest BCUT2D eigenvalue weighted by Crippen LogP contribution is -2.31. The molecule has 0 amide bonds. The van der Waals surface area contributed by atoms with Gasteiger partial charge in [0, 0.05) is 12.8 Å². The number of carboxylic acids is 1. The van der Waals surface area contributed by atoms with Gasteiger partial charge in [0.1, 0.15) is 5.82 Å². The van der Waals surface area contributed by atoms with Gasteiger partial charge < -0.3 is 15.2 Å². The molecular weight excluding hydrogens is 268 g/mol. The highest BCUT2D eigenvalue weighted by atomic mass is 35.5. The van der Waals surface area contributed by atoms with Gasteiger partial charge in [-0.15, -0.1) is 0 Å². The zero-order valence-electron chi connectivity index (χ0n) is 10.3. The van der Waals surface area contributed by atoms with Gasteiger partial charge in [-0.25, -0.2) is 9.78 Å². The molecule has 2 unspecified atom stereocenters. The minimum Gasteiger partial charge on any atom is -0.478 e. The molecule has 0 aromatic carbocycles. The molecule has 1 aliphatic heterocycles. The number of aromatic carboxylic acids is 1. The fraction of sp³-hybridized carbons (Fsp3) is 0.538. The number of carbonyl (C=O) groups is 1. The largest absolute Gasteiger partial charge is 0.478 e. The molecule has 0 radical (unpaired) electrons. The normalized spacial score (nSPS) is 26.4. The van der Waals surface area contributed by atoms with Crippen LogP contribution in [0, 0.1) is 5.92 Å². The molecule has 2 atom stereocenters. The Balaban J connectivity index is 1.73. The number of anilines is 1. The Labute approximate surface area is 115 Å². The first kappa shape index (κ1) is 12.7. The van der Waals surface area contributed by atoms with Gasteiger partial charge >= 0.3 is 5.97 Å². The molecule has 6 heteroatoms. The van der Waals surface area contributed by atoms with Crippen molar-refractivity contribution in [2.75, 3.05) is 11.9 Å². The monoisotopic (exact) mass is 282 g/mol. The molecule has 2 fully saturated rings. The highest BCUT2D eigenvalue weighted by molar-refractivity contribution is 6.33. The molecule has 1 aromatic rings. The van der Waals surface area contributed by atoms with E-state index in [-0.39, 0.29) is 17.7 Å². The summed E-state index contributed by atoms with van der Waals surface area (Å²) in [6, 6.07) is 1.63. The first-order valence-corrected chi connectivity index (χ1v) is 6.80. The van der Waals surface area contributed by atoms with Crippen LogP contribution in [-0.4, -0.2) is 34.8 Å². The van der Waals surface area contributed by atoms with Crippen LogP contribution in [0.4, 0.5) is 5.82 Å². The fourth-order valence-corrected chi connectivity index (χ4v) is 2.71. The maximum Gasteiger partial charge on any atom is 0.337 e. The number of rotatable bonds is 4. The van der Waals surface area contributed by atoms with Crippen molar-refractivity contribution in [2.45, 2.75) is 31.4 Å². The number of aromatic nitrogens is 1. The molecule has 2 heterocycles. The van der Waals surface area contributed by atoms with Crippen molar-refractivity contribution in [1.29, 1.82) is 0 Å². The fourth-order valence-electron chi connectivity index (χ4n) is 2.49. The van der Waals surface area contributed by atoms with Gasteiger partial charge in [-0.1, -0.05) is 11.6 Å². The summed E-state index contributed by atoms with van der Waals surface area (Å²) in [6.07, 6.45) is 4.93. The van der Waals surface area contributed by atoms with Gasteiger partial charge in [0.25, 0.3) is 0 Å². The Morgan fingerprint density at radius 2 is 2.26 bits per heavy atom. The quantitative estimate of drug-likeness (QED) is 0.887. The Bertz CT molecular complexity index is 505. The van der Waals surface area contributed by atoms with Crippen LogP contribution in [0.5, 0.6) is 0 Å². The SMILES string of the molecule is O=C(O)c1cnc(NC2CCOC2C2CC2)c(Cl)c1. The molecule has 1 aliphatic carbocycles. The maximum absolute atomic E-state index is 10.8. The molecule has 2 aliphatic rings. The molecular formula is C13H15ClN2O3. The number of pyridine rings is 1. The Morgan fingerprint density at radius 1 is 1.47 bits per heavy atom. The summed E-state index contributed by atoms with van der Waals surface area (Å²) in [4.78, 5) is 14.9. The maximum atomic E-state index is 10.8. The minimum absolute atomic E-state index is 0.0944. The van der Waals surface area contributed by atoms with Crippen LogP contribution in [0.25, 0.3) is 0 Å². The summed E-state index contributed by atoms with van der Waals surface area (Å²) in [5.74, 6) is 0.158. The van der Waals surface area contributed by atoms with Crippen LogP contribution in [0.3, 0.4) is 0 Å². The van der Waals surface area contributed by atoms with Crippen LogP contribution in [0.15, 0.2) is 12.3 Å². The molecule has 2 N–H and O–H groups in total. The van der Waals surface area contributed by atoms with Crippen LogP contribution in [-0.2, 0) is 4.74 Å². The number of carboxylic acid groups (broad SMARTS) is 1. The van der Waals surface area contributed by atoms with E-state index in [0.717, 1.165) is 13.0 Å². The van der Waals surface area contributed by atoms with Crippen molar-refractivity contribution in [3.05, 3.63) is 22.8 Å². The van der Waals surface area contributed by atoms with Gasteiger partial charge in [-0.2, -0.15) is 0 Å². The van der Waals surface area contributed by atoms with E-state index in [9.17, 15) is 4.79 Å². The predicted octanol–water partition coefficient (Wildman–Crippen LogP) is 2.41. The molecule has 19 heavy (non-hydrogen) atoms. The number of hydrogen-bond donors (Lipinski definition) is 2. The smallest absolute Gasteiger partial charge is 0.337 e. The van der Waals surface area contributed by atoms with Crippen LogP contribution >= 0.6 is 11.6 Å². The van der Waals surface area contributed by atoms with Crippen molar-refractivity contribution < 1.29 is 14.6 Å². The lowest BCUT2D eigenvalue weighted by molar-refractivity contribution is 0.0696. The second kappa shape index (κ2) is 4.98. The highest BCUT2D eigenvalue weighted by Gasteiger charge is 2.40. The van der Waals surface area contributed by atoms with Crippen LogP contribution in [0.2, 0.25) is 5.02 Å². The summed E-state index contributed by atoms with van der Waals surface area (Å²) in [5, 5.41) is 12.5. The van der Waals surface area contributed by atoms with E-state index in [1.54, 1.807) is 0 Å². The molecule has 1 saturated heterocycles. The molecule has 0 bridgehead atoms. The number of nitrogens with one attached hydrogen (secondary N) is 1. The van der Waals surface area contributed by atoms with E-state index in [2.05, 4.69) is 10.3 Å². The van der Waals surface area contributed by atoms with Crippen LogP contribution < -0.4 is 5.32 Å². The summed E-state index contributed by atoms with van der Waals surface area (Å²) in [6.45, 7) is 0.754. The van der Waals surface area contributed by atoms with Gasteiger partial charge in [0.2, 0.25) is 0 Å². The van der Waals surface area contributed by atoms with E-state index in [0.29, 0.717) is 16.8 Å². The van der Waals surface area contributed by atoms with Gasteiger partial charge in [0.15, 0.2) is 0 Å². The Morgan fingerprint density at radius 3 is 2.89 bits per heavy atom. The lowest BCUT2D eigenvalue weighted by Gasteiger charge is -2.20. The molecule has 3 rings (SSSR count). The topological polar surface area (TPSA) is 71.5 Å². The average molecular weight is 283 g/mol. The third-order valence-electron chi connectivity index (χ3n) is 3.63. The van der Waals surface area contributed by atoms with E-state index in [4.69, 9.17) is 21.4 Å². The van der Waals surface area contributed by atoms with Crippen LogP contribution in [0.1, 0.15) is 29.6 Å². The van der Waals surface area contributed by atoms with Crippen molar-refractivity contribution in [3.8, 4) is 0 Å². The first-order valence-electron chi connectivity index (χ1n) is 6.42. The second-order valence-corrected chi connectivity index (χ2v) is 5.48. The van der Waals surface area contributed by atoms with Gasteiger partial charge in [0.05, 0.1) is 22.7 Å². The number of nitrogens with zero attached hydrogens (tertiary/aromatic N) is 1. The molecule has 1 saturated carbocycles. The zero-order chi connectivity index (χ0) is 13.4. The molecule has 102 valence electrons. The summed E-state index contributed by atoms with van der Waals surface area (Å²) < 4.78 is 5.74. The molecule has 5 nitrogen and oxygen atoms in total. The third-order valence-corrected chi connectivity index (χ3v) is 3.92. The third kappa shape index (κ3) is 2.67. The predicted molar refractivity (Wildman–Crippen MR) is 70.7 cm³/mol. The number of halogens is 1. The number of ether oxygens (including phenoxy) is 1. The molecule has 1 aromatic heterocycles. The summed E-state index contributed by atoms with van der Waals surface area (Å²) in [5.41, 5.74) is 0.0944. The van der Waals surface area contributed by atoms with Crippen molar-refractivity contribution in [2.24, 2.45) is 5.92 Å².